The van der Waals surface area contributed by atoms with Crippen LogP contribution in [0.4, 0.5) is 0 Å². The highest BCUT2D eigenvalue weighted by Gasteiger charge is 2.41. The summed E-state index contributed by atoms with van der Waals surface area (Å²) in [5.41, 5.74) is 2.33. The smallest absolute Gasteiger partial charge is 0.116 e. The maximum absolute atomic E-state index is 13.5. The van der Waals surface area contributed by atoms with Crippen molar-refractivity contribution in [2.75, 3.05) is 12.8 Å². The Hall–Kier alpha value is -0.633. The van der Waals surface area contributed by atoms with Gasteiger partial charge in [-0.2, -0.15) is 0 Å². The zero-order valence-corrected chi connectivity index (χ0v) is 18.5. The van der Waals surface area contributed by atoms with Gasteiger partial charge < -0.3 is 9.67 Å². The summed E-state index contributed by atoms with van der Waals surface area (Å²) in [5, 5.41) is 12.4. The molecule has 4 heteroatoms. The van der Waals surface area contributed by atoms with E-state index in [1.165, 1.54) is 0 Å². The maximum Gasteiger partial charge on any atom is 0.116 e. The summed E-state index contributed by atoms with van der Waals surface area (Å²) in [5.74, 6) is 0.159. The Morgan fingerprint density at radius 2 is 1.58 bits per heavy atom. The van der Waals surface area contributed by atoms with E-state index in [4.69, 9.17) is 0 Å². The fraction of sp³-hybridized carbons (Fsp3) is 0.600. The van der Waals surface area contributed by atoms with E-state index in [0.29, 0.717) is 6.16 Å². The Bertz CT molecular complexity index is 604. The van der Waals surface area contributed by atoms with Crippen molar-refractivity contribution >= 4 is 20.5 Å². The lowest BCUT2D eigenvalue weighted by molar-refractivity contribution is -0.0111. The summed E-state index contributed by atoms with van der Waals surface area (Å²) in [6.07, 6.45) is 0.453. The number of hydrogen-bond donors (Lipinski definition) is 1. The molecule has 0 amide bonds. The highest BCUT2D eigenvalue weighted by atomic mass is 31.2. The monoisotopic (exact) mass is 366 g/mol. The summed E-state index contributed by atoms with van der Waals surface area (Å²) in [7, 11) is -4.13. The Balaban J connectivity index is 3.42. The molecule has 0 heterocycles. The molecule has 1 atom stereocenters. The number of benzene rings is 1. The van der Waals surface area contributed by atoms with Crippen LogP contribution in [0.15, 0.2) is 41.6 Å². The molecule has 0 saturated carbocycles. The van der Waals surface area contributed by atoms with Crippen molar-refractivity contribution in [3.63, 3.8) is 0 Å². The molecule has 1 rings (SSSR count). The average molecular weight is 367 g/mol. The Kier molecular flexibility index (Phi) is 6.89. The lowest BCUT2D eigenvalue weighted by Gasteiger charge is -2.40. The summed E-state index contributed by atoms with van der Waals surface area (Å²) >= 11 is 0. The molecule has 1 aromatic carbocycles. The van der Waals surface area contributed by atoms with Crippen molar-refractivity contribution in [3.05, 3.63) is 41.6 Å². The minimum Gasteiger partial charge on any atom is -0.385 e. The van der Waals surface area contributed by atoms with Crippen LogP contribution >= 0.6 is 7.14 Å². The Labute approximate surface area is 149 Å². The molecule has 0 aromatic heterocycles. The number of aliphatic hydroxyl groups is 1. The maximum atomic E-state index is 13.5. The van der Waals surface area contributed by atoms with E-state index in [-0.39, 0.29) is 11.8 Å². The van der Waals surface area contributed by atoms with Gasteiger partial charge in [0.1, 0.15) is 7.14 Å². The van der Waals surface area contributed by atoms with Gasteiger partial charge >= 0.3 is 0 Å². The largest absolute Gasteiger partial charge is 0.385 e. The van der Waals surface area contributed by atoms with Crippen LogP contribution in [0.2, 0.25) is 19.6 Å². The van der Waals surface area contributed by atoms with Crippen molar-refractivity contribution in [1.82, 2.24) is 0 Å². The van der Waals surface area contributed by atoms with Gasteiger partial charge in [0.05, 0.1) is 13.7 Å². The normalized spacial score (nSPS) is 16.5. The van der Waals surface area contributed by atoms with Crippen molar-refractivity contribution in [2.45, 2.75) is 52.9 Å². The summed E-state index contributed by atoms with van der Waals surface area (Å²) in [4.78, 5) is 0. The van der Waals surface area contributed by atoms with Gasteiger partial charge in [0, 0.05) is 11.5 Å². The van der Waals surface area contributed by atoms with E-state index >= 15 is 0 Å². The summed E-state index contributed by atoms with van der Waals surface area (Å²) < 4.78 is 13.5. The van der Waals surface area contributed by atoms with Crippen LogP contribution < -0.4 is 5.30 Å². The van der Waals surface area contributed by atoms with Crippen LogP contribution in [-0.4, -0.2) is 31.6 Å². The Morgan fingerprint density at radius 1 is 1.12 bits per heavy atom. The summed E-state index contributed by atoms with van der Waals surface area (Å²) in [6.45, 7) is 16.9. The van der Waals surface area contributed by atoms with Gasteiger partial charge in [-0.05, 0) is 24.1 Å². The minimum absolute atomic E-state index is 0.0795. The number of hydrogen-bond acceptors (Lipinski definition) is 2. The van der Waals surface area contributed by atoms with Gasteiger partial charge in [-0.1, -0.05) is 83.4 Å². The van der Waals surface area contributed by atoms with E-state index in [0.717, 1.165) is 10.9 Å². The molecule has 0 saturated heterocycles. The second kappa shape index (κ2) is 7.72. The third-order valence-corrected chi connectivity index (χ3v) is 8.21. The van der Waals surface area contributed by atoms with Crippen molar-refractivity contribution in [2.24, 2.45) is 11.8 Å². The molecule has 0 aliphatic rings. The van der Waals surface area contributed by atoms with E-state index in [9.17, 15) is 9.67 Å². The topological polar surface area (TPSA) is 37.3 Å². The standard InChI is InChI=1S/C20H35O2PSi/c1-16(2)20(21,17(3)4)18(15-24(6,7)8)14-23(5,22)19-12-10-9-11-13-19/h9-13,15-17,21H,14H2,1-8H3/b18-15-. The zero-order valence-electron chi connectivity index (χ0n) is 16.6. The molecule has 24 heavy (non-hydrogen) atoms. The molecule has 0 bridgehead atoms. The van der Waals surface area contributed by atoms with Crippen LogP contribution in [0.5, 0.6) is 0 Å². The SMILES string of the molecule is CC(C)C(O)(/C(=C\[Si](C)(C)C)CP(C)(=O)c1ccccc1)C(C)C. The van der Waals surface area contributed by atoms with Crippen LogP contribution in [-0.2, 0) is 4.57 Å². The minimum atomic E-state index is -2.57. The van der Waals surface area contributed by atoms with Crippen molar-refractivity contribution in [1.29, 1.82) is 0 Å². The van der Waals surface area contributed by atoms with Gasteiger partial charge in [-0.15, -0.1) is 0 Å². The molecule has 1 N–H and O–H groups in total. The van der Waals surface area contributed by atoms with E-state index in [1.807, 2.05) is 37.0 Å². The molecule has 1 aromatic rings. The Morgan fingerprint density at radius 3 is 1.96 bits per heavy atom. The third kappa shape index (κ3) is 5.18. The first-order chi connectivity index (χ1) is 10.8. The fourth-order valence-corrected chi connectivity index (χ4v) is 6.91. The molecule has 1 unspecified atom stereocenters. The first kappa shape index (κ1) is 21.4. The van der Waals surface area contributed by atoms with Gasteiger partial charge in [0.2, 0.25) is 0 Å². The molecule has 0 radical (unpaired) electrons. The van der Waals surface area contributed by atoms with E-state index in [1.54, 1.807) is 0 Å². The quantitative estimate of drug-likeness (QED) is 0.535. The molecule has 136 valence electrons. The summed E-state index contributed by atoms with van der Waals surface area (Å²) in [6, 6.07) is 9.70. The second-order valence-electron chi connectivity index (χ2n) is 8.76. The van der Waals surface area contributed by atoms with E-state index < -0.39 is 20.8 Å². The van der Waals surface area contributed by atoms with Crippen LogP contribution in [0.3, 0.4) is 0 Å². The lowest BCUT2D eigenvalue weighted by atomic mass is 9.76. The zero-order chi connectivity index (χ0) is 18.8. The molecule has 2 nitrogen and oxygen atoms in total. The predicted molar refractivity (Wildman–Crippen MR) is 111 cm³/mol. The molecule has 0 fully saturated rings. The van der Waals surface area contributed by atoms with Crippen LogP contribution in [0, 0.1) is 11.8 Å². The third-order valence-electron chi connectivity index (χ3n) is 4.66. The first-order valence-corrected chi connectivity index (χ1v) is 14.8. The molecule has 0 aliphatic heterocycles. The molecular formula is C20H35O2PSi. The lowest BCUT2D eigenvalue weighted by Crippen LogP contribution is -2.45. The van der Waals surface area contributed by atoms with Gasteiger partial charge in [-0.3, -0.25) is 0 Å². The van der Waals surface area contributed by atoms with Crippen molar-refractivity contribution in [3.8, 4) is 0 Å². The first-order valence-electron chi connectivity index (χ1n) is 8.87. The average Bonchev–Trinajstić information content (AvgIpc) is 2.44. The van der Waals surface area contributed by atoms with Crippen LogP contribution in [0.1, 0.15) is 27.7 Å². The van der Waals surface area contributed by atoms with Gasteiger partial charge in [-0.25, -0.2) is 0 Å². The molecule has 0 aliphatic carbocycles. The highest BCUT2D eigenvalue weighted by molar-refractivity contribution is 7.71. The highest BCUT2D eigenvalue weighted by Crippen LogP contribution is 2.47. The van der Waals surface area contributed by atoms with Gasteiger partial charge in [0.15, 0.2) is 0 Å². The predicted octanol–water partition coefficient (Wildman–Crippen LogP) is 5.15. The molecular weight excluding hydrogens is 331 g/mol. The van der Waals surface area contributed by atoms with Crippen LogP contribution in [0.25, 0.3) is 0 Å². The van der Waals surface area contributed by atoms with E-state index in [2.05, 4.69) is 53.0 Å². The van der Waals surface area contributed by atoms with Crippen molar-refractivity contribution < 1.29 is 9.67 Å². The molecule has 0 spiro atoms. The number of rotatable bonds is 7. The second-order valence-corrected chi connectivity index (χ2v) is 16.8. The fourth-order valence-electron chi connectivity index (χ4n) is 3.38. The van der Waals surface area contributed by atoms with Gasteiger partial charge in [0.25, 0.3) is 0 Å².